The Balaban J connectivity index is 2.01. The maximum absolute atomic E-state index is 12.5. The first kappa shape index (κ1) is 17.4. The van der Waals surface area contributed by atoms with Crippen molar-refractivity contribution in [3.05, 3.63) is 65.3 Å². The number of pyridine rings is 1. The Labute approximate surface area is 152 Å². The Morgan fingerprint density at radius 1 is 1.08 bits per heavy atom. The number of nitrogens with zero attached hydrogens (tertiary/aromatic N) is 1. The zero-order valence-electron chi connectivity index (χ0n) is 13.8. The van der Waals surface area contributed by atoms with Gasteiger partial charge in [-0.15, -0.1) is 0 Å². The lowest BCUT2D eigenvalue weighted by Crippen LogP contribution is -2.26. The van der Waals surface area contributed by atoms with E-state index in [2.05, 4.69) is 10.3 Å². The number of benzene rings is 2. The van der Waals surface area contributed by atoms with E-state index in [1.54, 1.807) is 0 Å². The molecule has 1 heterocycles. The number of fused-ring (bicyclic) bond motifs is 1. The third-order valence-electron chi connectivity index (χ3n) is 4.02. The van der Waals surface area contributed by atoms with Gasteiger partial charge in [0.1, 0.15) is 5.69 Å². The van der Waals surface area contributed by atoms with E-state index in [4.69, 9.17) is 17.3 Å². The molecule has 128 valence electrons. The van der Waals surface area contributed by atoms with Gasteiger partial charge in [-0.3, -0.25) is 4.79 Å². The fourth-order valence-corrected chi connectivity index (χ4v) is 2.96. The maximum atomic E-state index is 12.5. The summed E-state index contributed by atoms with van der Waals surface area (Å²) in [7, 11) is 0. The Hall–Kier alpha value is -2.43. The van der Waals surface area contributed by atoms with E-state index >= 15 is 0 Å². The van der Waals surface area contributed by atoms with Gasteiger partial charge in [0.15, 0.2) is 0 Å². The summed E-state index contributed by atoms with van der Waals surface area (Å²) in [5.74, 6) is -0.184. The fourth-order valence-electron chi connectivity index (χ4n) is 2.74. The number of aromatic nitrogens is 1. The molecule has 25 heavy (non-hydrogen) atoms. The first-order valence-corrected chi connectivity index (χ1v) is 8.71. The molecule has 4 nitrogen and oxygen atoms in total. The molecule has 2 aromatic carbocycles. The minimum Gasteiger partial charge on any atom is -0.351 e. The molecule has 1 amide bonds. The van der Waals surface area contributed by atoms with Gasteiger partial charge in [-0.25, -0.2) is 4.98 Å². The molecule has 0 saturated carbocycles. The van der Waals surface area contributed by atoms with Crippen LogP contribution in [0.25, 0.3) is 22.0 Å². The van der Waals surface area contributed by atoms with Gasteiger partial charge in [0.25, 0.3) is 5.91 Å². The Morgan fingerprint density at radius 3 is 2.64 bits per heavy atom. The van der Waals surface area contributed by atoms with Crippen LogP contribution < -0.4 is 11.1 Å². The second kappa shape index (κ2) is 8.10. The molecule has 0 aliphatic rings. The highest BCUT2D eigenvalue weighted by atomic mass is 35.5. The predicted molar refractivity (Wildman–Crippen MR) is 103 cm³/mol. The lowest BCUT2D eigenvalue weighted by atomic mass is 10.0. The fraction of sp³-hybridized carbons (Fsp3) is 0.200. The van der Waals surface area contributed by atoms with Crippen LogP contribution in [0.2, 0.25) is 5.02 Å². The SMILES string of the molecule is NCCCCNC(=O)c1cc2ccccc2c(-c2ccccc2Cl)n1. The standard InChI is InChI=1S/C20H20ClN3O/c21-17-10-4-3-9-16(17)19-15-8-2-1-7-14(15)13-18(24-19)20(25)23-12-6-5-11-22/h1-4,7-10,13H,5-6,11-12,22H2,(H,23,25). The molecule has 3 N–H and O–H groups in total. The van der Waals surface area contributed by atoms with Gasteiger partial charge in [0.05, 0.1) is 5.69 Å². The van der Waals surface area contributed by atoms with E-state index in [-0.39, 0.29) is 5.91 Å². The number of unbranched alkanes of at least 4 members (excludes halogenated alkanes) is 1. The van der Waals surface area contributed by atoms with Crippen molar-refractivity contribution in [1.82, 2.24) is 10.3 Å². The zero-order valence-corrected chi connectivity index (χ0v) is 14.6. The molecule has 5 heteroatoms. The van der Waals surface area contributed by atoms with Gasteiger partial charge in [0.2, 0.25) is 0 Å². The van der Waals surface area contributed by atoms with Crippen molar-refractivity contribution in [1.29, 1.82) is 0 Å². The van der Waals surface area contributed by atoms with Gasteiger partial charge in [0, 0.05) is 22.5 Å². The van der Waals surface area contributed by atoms with Crippen LogP contribution in [0, 0.1) is 0 Å². The van der Waals surface area contributed by atoms with Crippen LogP contribution in [0.3, 0.4) is 0 Å². The number of carbonyl (C=O) groups excluding carboxylic acids is 1. The number of carbonyl (C=O) groups is 1. The molecular formula is C20H20ClN3O. The van der Waals surface area contributed by atoms with Crippen LogP contribution in [-0.2, 0) is 0 Å². The number of rotatable bonds is 6. The molecule has 0 aliphatic carbocycles. The molecular weight excluding hydrogens is 334 g/mol. The van der Waals surface area contributed by atoms with Crippen LogP contribution >= 0.6 is 11.6 Å². The predicted octanol–water partition coefficient (Wildman–Crippen LogP) is 4.02. The van der Waals surface area contributed by atoms with E-state index in [0.717, 1.165) is 34.9 Å². The Kier molecular flexibility index (Phi) is 5.64. The van der Waals surface area contributed by atoms with Crippen molar-refractivity contribution in [3.8, 4) is 11.3 Å². The van der Waals surface area contributed by atoms with Crippen molar-refractivity contribution >= 4 is 28.3 Å². The smallest absolute Gasteiger partial charge is 0.269 e. The topological polar surface area (TPSA) is 68.0 Å². The average molecular weight is 354 g/mol. The molecule has 1 aromatic heterocycles. The van der Waals surface area contributed by atoms with Gasteiger partial charge < -0.3 is 11.1 Å². The van der Waals surface area contributed by atoms with Crippen molar-refractivity contribution in [2.75, 3.05) is 13.1 Å². The van der Waals surface area contributed by atoms with Gasteiger partial charge in [-0.05, 0) is 36.9 Å². The summed E-state index contributed by atoms with van der Waals surface area (Å²) in [6.45, 7) is 1.21. The summed E-state index contributed by atoms with van der Waals surface area (Å²) in [6, 6.07) is 17.2. The second-order valence-electron chi connectivity index (χ2n) is 5.81. The van der Waals surface area contributed by atoms with Crippen LogP contribution in [0.4, 0.5) is 0 Å². The van der Waals surface area contributed by atoms with Gasteiger partial charge in [-0.1, -0.05) is 54.1 Å². The minimum absolute atomic E-state index is 0.184. The molecule has 3 aromatic rings. The zero-order chi connectivity index (χ0) is 17.6. The largest absolute Gasteiger partial charge is 0.351 e. The number of hydrogen-bond acceptors (Lipinski definition) is 3. The molecule has 3 rings (SSSR count). The molecule has 0 radical (unpaired) electrons. The number of nitrogens with two attached hydrogens (primary N) is 1. The Bertz CT molecular complexity index is 895. The number of halogens is 1. The molecule has 0 spiro atoms. The molecule has 0 saturated heterocycles. The monoisotopic (exact) mass is 353 g/mol. The highest BCUT2D eigenvalue weighted by Gasteiger charge is 2.14. The van der Waals surface area contributed by atoms with Crippen molar-refractivity contribution < 1.29 is 4.79 Å². The summed E-state index contributed by atoms with van der Waals surface area (Å²) in [4.78, 5) is 17.1. The van der Waals surface area contributed by atoms with Crippen molar-refractivity contribution in [2.24, 2.45) is 5.73 Å². The van der Waals surface area contributed by atoms with E-state index in [1.165, 1.54) is 0 Å². The van der Waals surface area contributed by atoms with Crippen LogP contribution in [0.1, 0.15) is 23.3 Å². The third-order valence-corrected chi connectivity index (χ3v) is 4.35. The average Bonchev–Trinajstić information content (AvgIpc) is 2.64. The lowest BCUT2D eigenvalue weighted by Gasteiger charge is -2.11. The van der Waals surface area contributed by atoms with E-state index in [1.807, 2.05) is 54.6 Å². The number of nitrogens with one attached hydrogen (secondary N) is 1. The van der Waals surface area contributed by atoms with Gasteiger partial charge >= 0.3 is 0 Å². The van der Waals surface area contributed by atoms with Crippen LogP contribution in [0.15, 0.2) is 54.6 Å². The molecule has 0 atom stereocenters. The summed E-state index contributed by atoms with van der Waals surface area (Å²) in [5, 5.41) is 5.44. The molecule has 0 bridgehead atoms. The van der Waals surface area contributed by atoms with Crippen LogP contribution in [-0.4, -0.2) is 24.0 Å². The normalized spacial score (nSPS) is 10.8. The Morgan fingerprint density at radius 2 is 1.84 bits per heavy atom. The highest BCUT2D eigenvalue weighted by Crippen LogP contribution is 2.32. The summed E-state index contributed by atoms with van der Waals surface area (Å²) < 4.78 is 0. The maximum Gasteiger partial charge on any atom is 0.269 e. The minimum atomic E-state index is -0.184. The highest BCUT2D eigenvalue weighted by molar-refractivity contribution is 6.33. The first-order valence-electron chi connectivity index (χ1n) is 8.33. The lowest BCUT2D eigenvalue weighted by molar-refractivity contribution is 0.0948. The van der Waals surface area contributed by atoms with E-state index < -0.39 is 0 Å². The summed E-state index contributed by atoms with van der Waals surface area (Å²) in [5.41, 5.74) is 7.41. The number of amides is 1. The second-order valence-corrected chi connectivity index (χ2v) is 6.22. The van der Waals surface area contributed by atoms with Crippen molar-refractivity contribution in [3.63, 3.8) is 0 Å². The van der Waals surface area contributed by atoms with Crippen molar-refractivity contribution in [2.45, 2.75) is 12.8 Å². The van der Waals surface area contributed by atoms with Gasteiger partial charge in [-0.2, -0.15) is 0 Å². The third kappa shape index (κ3) is 3.98. The first-order chi connectivity index (χ1) is 12.2. The molecule has 0 aliphatic heterocycles. The van der Waals surface area contributed by atoms with E-state index in [0.29, 0.717) is 23.8 Å². The summed E-state index contributed by atoms with van der Waals surface area (Å²) in [6.07, 6.45) is 1.74. The van der Waals surface area contributed by atoms with E-state index in [9.17, 15) is 4.79 Å². The molecule has 0 unspecified atom stereocenters. The summed E-state index contributed by atoms with van der Waals surface area (Å²) >= 11 is 6.36. The number of hydrogen-bond donors (Lipinski definition) is 2. The quantitative estimate of drug-likeness (QED) is 0.657. The molecule has 0 fully saturated rings. The van der Waals surface area contributed by atoms with Crippen LogP contribution in [0.5, 0.6) is 0 Å².